The maximum Gasteiger partial charge on any atom is 0.283 e. The van der Waals surface area contributed by atoms with Crippen molar-refractivity contribution in [3.05, 3.63) is 86.9 Å². The first-order chi connectivity index (χ1) is 21.2. The summed E-state index contributed by atoms with van der Waals surface area (Å²) in [6, 6.07) is 17.9. The number of anilines is 2. The molecule has 44 heavy (non-hydrogen) atoms. The van der Waals surface area contributed by atoms with E-state index < -0.39 is 10.8 Å². The third kappa shape index (κ3) is 5.81. The molecule has 1 saturated heterocycles. The number of aromatic nitrogens is 1. The minimum absolute atomic E-state index is 0.148. The van der Waals surface area contributed by atoms with Crippen LogP contribution in [0.25, 0.3) is 16.3 Å². The summed E-state index contributed by atoms with van der Waals surface area (Å²) in [6.07, 6.45) is 4.65. The molecule has 4 aromatic rings. The minimum Gasteiger partial charge on any atom is -0.321 e. The number of thiazole rings is 1. The Labute approximate surface area is 264 Å². The van der Waals surface area contributed by atoms with Crippen molar-refractivity contribution in [3.8, 4) is 6.07 Å². The number of carbonyl (C=O) groups excluding carboxylic acids is 3. The van der Waals surface area contributed by atoms with Crippen molar-refractivity contribution < 1.29 is 19.3 Å². The van der Waals surface area contributed by atoms with Crippen molar-refractivity contribution in [1.29, 1.82) is 5.26 Å². The Balaban J connectivity index is 1.23. The predicted molar refractivity (Wildman–Crippen MR) is 168 cm³/mol. The van der Waals surface area contributed by atoms with Crippen LogP contribution in [0.3, 0.4) is 0 Å². The molecule has 0 bridgehead atoms. The molecule has 2 heterocycles. The van der Waals surface area contributed by atoms with Crippen LogP contribution in [-0.2, 0) is 14.4 Å². The Morgan fingerprint density at radius 3 is 2.45 bits per heavy atom. The molecule has 2 fully saturated rings. The standard InChI is InChI=1S/C31H22ClN5O5S2/c32-19-6-8-20(9-7-19)34-28(38)18(16-33)13-17-5-12-26(25(14-17)37(41)42)43-31-35-24-11-10-21(15-27(24)44-31)36-29(39)22-3-1-2-4-23(22)30(36)40/h5-15,22-23H,1-4H2,(H,34,38)/b18-13+/t22-,23-/m0/s1. The maximum atomic E-state index is 13.1. The number of amides is 3. The van der Waals surface area contributed by atoms with Crippen LogP contribution >= 0.6 is 34.7 Å². The van der Waals surface area contributed by atoms with Gasteiger partial charge in [-0.3, -0.25) is 29.4 Å². The van der Waals surface area contributed by atoms with E-state index in [1.54, 1.807) is 54.6 Å². The summed E-state index contributed by atoms with van der Waals surface area (Å²) in [7, 11) is 0. The monoisotopic (exact) mass is 643 g/mol. The second kappa shape index (κ2) is 12.2. The molecule has 6 rings (SSSR count). The number of hydrogen-bond donors (Lipinski definition) is 1. The van der Waals surface area contributed by atoms with E-state index in [4.69, 9.17) is 11.6 Å². The van der Waals surface area contributed by atoms with E-state index in [0.717, 1.165) is 42.1 Å². The number of nitrogens with one attached hydrogen (secondary N) is 1. The number of nitro benzene ring substituents is 1. The molecule has 220 valence electrons. The summed E-state index contributed by atoms with van der Waals surface area (Å²) in [5.41, 5.74) is 1.46. The average molecular weight is 644 g/mol. The third-order valence-corrected chi connectivity index (χ3v) is 10.0. The van der Waals surface area contributed by atoms with Crippen LogP contribution < -0.4 is 10.2 Å². The zero-order chi connectivity index (χ0) is 31.0. The largest absolute Gasteiger partial charge is 0.321 e. The van der Waals surface area contributed by atoms with Gasteiger partial charge in [0.15, 0.2) is 4.34 Å². The van der Waals surface area contributed by atoms with Crippen LogP contribution in [0, 0.1) is 33.3 Å². The Hall–Kier alpha value is -4.57. The Morgan fingerprint density at radius 1 is 1.09 bits per heavy atom. The van der Waals surface area contributed by atoms with Gasteiger partial charge in [0.1, 0.15) is 11.6 Å². The van der Waals surface area contributed by atoms with Gasteiger partial charge < -0.3 is 5.32 Å². The molecule has 3 amide bonds. The smallest absolute Gasteiger partial charge is 0.283 e. The molecule has 2 atom stereocenters. The van der Waals surface area contributed by atoms with Crippen molar-refractivity contribution in [2.45, 2.75) is 34.9 Å². The van der Waals surface area contributed by atoms with Gasteiger partial charge in [-0.15, -0.1) is 11.3 Å². The first-order valence-electron chi connectivity index (χ1n) is 13.7. The first-order valence-corrected chi connectivity index (χ1v) is 15.7. The fourth-order valence-corrected chi connectivity index (χ4v) is 7.75. The molecule has 2 aliphatic rings. The molecule has 1 N–H and O–H groups in total. The summed E-state index contributed by atoms with van der Waals surface area (Å²) in [5.74, 6) is -1.46. The number of nitrogens with zero attached hydrogens (tertiary/aromatic N) is 4. The van der Waals surface area contributed by atoms with Gasteiger partial charge in [-0.2, -0.15) is 5.26 Å². The summed E-state index contributed by atoms with van der Waals surface area (Å²) in [6.45, 7) is 0. The number of hydrogen-bond acceptors (Lipinski definition) is 9. The van der Waals surface area contributed by atoms with Crippen molar-refractivity contribution in [1.82, 2.24) is 4.98 Å². The van der Waals surface area contributed by atoms with E-state index in [-0.39, 0.29) is 34.9 Å². The van der Waals surface area contributed by atoms with Crippen LogP contribution in [0.2, 0.25) is 5.02 Å². The van der Waals surface area contributed by atoms with Crippen LogP contribution in [0.5, 0.6) is 0 Å². The molecule has 10 nitrogen and oxygen atoms in total. The lowest BCUT2D eigenvalue weighted by Crippen LogP contribution is -2.30. The molecule has 0 radical (unpaired) electrons. The second-order valence-electron chi connectivity index (χ2n) is 10.4. The molecule has 1 aromatic heterocycles. The highest BCUT2D eigenvalue weighted by molar-refractivity contribution is 8.01. The fourth-order valence-electron chi connectivity index (χ4n) is 5.49. The zero-order valence-corrected chi connectivity index (χ0v) is 25.2. The third-order valence-electron chi connectivity index (χ3n) is 7.61. The molecule has 0 spiro atoms. The number of nitriles is 1. The Bertz CT molecular complexity index is 1890. The summed E-state index contributed by atoms with van der Waals surface area (Å²) in [4.78, 5) is 56.4. The van der Waals surface area contributed by atoms with Crippen molar-refractivity contribution in [2.24, 2.45) is 11.8 Å². The van der Waals surface area contributed by atoms with Gasteiger partial charge in [-0.05, 0) is 73.0 Å². The van der Waals surface area contributed by atoms with E-state index in [9.17, 15) is 29.8 Å². The zero-order valence-electron chi connectivity index (χ0n) is 22.9. The van der Waals surface area contributed by atoms with Gasteiger partial charge in [0.2, 0.25) is 11.8 Å². The topological polar surface area (TPSA) is 146 Å². The summed E-state index contributed by atoms with van der Waals surface area (Å²) < 4.78 is 1.28. The van der Waals surface area contributed by atoms with Crippen molar-refractivity contribution in [2.75, 3.05) is 10.2 Å². The summed E-state index contributed by atoms with van der Waals surface area (Å²) in [5, 5.41) is 24.6. The predicted octanol–water partition coefficient (Wildman–Crippen LogP) is 7.23. The van der Waals surface area contributed by atoms with Gasteiger partial charge in [0.25, 0.3) is 11.6 Å². The van der Waals surface area contributed by atoms with Gasteiger partial charge in [0.05, 0.1) is 37.6 Å². The normalized spacial score (nSPS) is 18.3. The number of carbonyl (C=O) groups is 3. The van der Waals surface area contributed by atoms with Gasteiger partial charge in [-0.25, -0.2) is 4.98 Å². The lowest BCUT2D eigenvalue weighted by molar-refractivity contribution is -0.387. The molecular weight excluding hydrogens is 622 g/mol. The number of nitro groups is 1. The highest BCUT2D eigenvalue weighted by Gasteiger charge is 2.48. The number of halogens is 1. The number of fused-ring (bicyclic) bond motifs is 2. The van der Waals surface area contributed by atoms with Crippen LogP contribution in [-0.4, -0.2) is 27.6 Å². The molecule has 1 aliphatic heterocycles. The lowest BCUT2D eigenvalue weighted by Gasteiger charge is -2.19. The highest BCUT2D eigenvalue weighted by Crippen LogP contribution is 2.43. The molecule has 0 unspecified atom stereocenters. The number of benzene rings is 3. The quantitative estimate of drug-likeness (QED) is 0.0729. The minimum atomic E-state index is -0.666. The SMILES string of the molecule is N#C/C(=C\c1ccc(Sc2nc3ccc(N4C(=O)[C@H]5CCCC[C@@H]5C4=O)cc3s2)c([N+](=O)[O-])c1)C(=O)Nc1ccc(Cl)cc1. The Morgan fingerprint density at radius 2 is 1.80 bits per heavy atom. The molecule has 13 heteroatoms. The molecule has 1 aliphatic carbocycles. The van der Waals surface area contributed by atoms with E-state index in [1.807, 2.05) is 6.07 Å². The second-order valence-corrected chi connectivity index (χ2v) is 13.1. The van der Waals surface area contributed by atoms with Crippen molar-refractivity contribution in [3.63, 3.8) is 0 Å². The number of imide groups is 1. The van der Waals surface area contributed by atoms with E-state index in [0.29, 0.717) is 36.7 Å². The molecule has 3 aromatic carbocycles. The van der Waals surface area contributed by atoms with Crippen LogP contribution in [0.1, 0.15) is 31.2 Å². The average Bonchev–Trinajstić information content (AvgIpc) is 3.54. The van der Waals surface area contributed by atoms with Crippen LogP contribution in [0.15, 0.2) is 75.5 Å². The summed E-state index contributed by atoms with van der Waals surface area (Å²) >= 11 is 8.28. The fraction of sp³-hybridized carbons (Fsp3) is 0.194. The first kappa shape index (κ1) is 29.5. The van der Waals surface area contributed by atoms with Gasteiger partial charge >= 0.3 is 0 Å². The highest BCUT2D eigenvalue weighted by atomic mass is 35.5. The maximum absolute atomic E-state index is 13.1. The Kier molecular flexibility index (Phi) is 8.18. The number of rotatable bonds is 7. The van der Waals surface area contributed by atoms with Gasteiger partial charge in [0, 0.05) is 16.8 Å². The van der Waals surface area contributed by atoms with E-state index >= 15 is 0 Å². The van der Waals surface area contributed by atoms with E-state index in [2.05, 4.69) is 10.3 Å². The van der Waals surface area contributed by atoms with Crippen molar-refractivity contribution >= 4 is 85.8 Å². The van der Waals surface area contributed by atoms with Gasteiger partial charge in [-0.1, -0.05) is 42.3 Å². The molecule has 1 saturated carbocycles. The van der Waals surface area contributed by atoms with Crippen LogP contribution in [0.4, 0.5) is 17.1 Å². The molecular formula is C31H22ClN5O5S2. The lowest BCUT2D eigenvalue weighted by atomic mass is 9.81. The van der Waals surface area contributed by atoms with E-state index in [1.165, 1.54) is 28.4 Å².